The highest BCUT2D eigenvalue weighted by Gasteiger charge is 2.50. The number of aliphatic hydroxyl groups excluding tert-OH is 12. The van der Waals surface area contributed by atoms with E-state index < -0.39 is 198 Å². The zero-order chi connectivity index (χ0) is 47.5. The van der Waals surface area contributed by atoms with Gasteiger partial charge in [-0.3, -0.25) is 4.79 Å². The van der Waals surface area contributed by atoms with Crippen molar-refractivity contribution in [2.24, 2.45) is 0 Å². The molecule has 0 saturated carbocycles. The van der Waals surface area contributed by atoms with Gasteiger partial charge in [0.1, 0.15) is 108 Å². The van der Waals surface area contributed by atoms with Crippen molar-refractivity contribution in [3.63, 3.8) is 0 Å². The summed E-state index contributed by atoms with van der Waals surface area (Å²) >= 11 is 0. The van der Waals surface area contributed by atoms with Gasteiger partial charge in [0.25, 0.3) is 0 Å². The van der Waals surface area contributed by atoms with Gasteiger partial charge in [-0.25, -0.2) is 0 Å². The van der Waals surface area contributed by atoms with Gasteiger partial charge in [0.05, 0.1) is 25.4 Å². The molecule has 16 N–H and O–H groups in total. The van der Waals surface area contributed by atoms with Crippen LogP contribution >= 0.6 is 0 Å². The molecule has 3 aromatic rings. The Hall–Kier alpha value is -4.27. The van der Waals surface area contributed by atoms with Gasteiger partial charge >= 0.3 is 0 Å². The molecule has 0 aliphatic carbocycles. The van der Waals surface area contributed by atoms with Gasteiger partial charge in [-0.15, -0.1) is 0 Å². The molecule has 4 saturated heterocycles. The Bertz CT molecular complexity index is 2180. The lowest BCUT2D eigenvalue weighted by atomic mass is 9.98. The molecule has 5 heterocycles. The monoisotopic (exact) mass is 934 g/mol. The van der Waals surface area contributed by atoms with Gasteiger partial charge in [0, 0.05) is 17.7 Å². The van der Waals surface area contributed by atoms with Crippen molar-refractivity contribution in [1.29, 1.82) is 0 Å². The summed E-state index contributed by atoms with van der Waals surface area (Å²) in [5.41, 5.74) is -2.12. The molecule has 7 rings (SSSR count). The molecule has 65 heavy (non-hydrogen) atoms. The van der Waals surface area contributed by atoms with Crippen molar-refractivity contribution >= 4 is 11.0 Å². The lowest BCUT2D eigenvalue weighted by Gasteiger charge is -2.42. The molecule has 4 aliphatic heterocycles. The largest absolute Gasteiger partial charge is 0.508 e. The van der Waals surface area contributed by atoms with E-state index in [2.05, 4.69) is 0 Å². The second-order valence-electron chi connectivity index (χ2n) is 16.1. The summed E-state index contributed by atoms with van der Waals surface area (Å²) in [5.74, 6) is -5.80. The summed E-state index contributed by atoms with van der Waals surface area (Å²) in [7, 11) is 0. The first-order valence-electron chi connectivity index (χ1n) is 20.0. The molecule has 20 atom stereocenters. The van der Waals surface area contributed by atoms with E-state index in [1.165, 1.54) is 13.8 Å². The predicted molar refractivity (Wildman–Crippen MR) is 206 cm³/mol. The van der Waals surface area contributed by atoms with Crippen LogP contribution in [0.25, 0.3) is 22.3 Å². The second-order valence-corrected chi connectivity index (χ2v) is 16.1. The average Bonchev–Trinajstić information content (AvgIpc) is 3.26. The van der Waals surface area contributed by atoms with E-state index in [9.17, 15) is 86.5 Å². The lowest BCUT2D eigenvalue weighted by molar-refractivity contribution is -0.318. The molecule has 26 nitrogen and oxygen atoms in total. The van der Waals surface area contributed by atoms with Crippen LogP contribution < -0.4 is 14.9 Å². The number of aliphatic hydroxyl groups is 12. The zero-order valence-electron chi connectivity index (χ0n) is 34.0. The average molecular weight is 935 g/mol. The Morgan fingerprint density at radius 1 is 0.477 bits per heavy atom. The van der Waals surface area contributed by atoms with E-state index in [4.69, 9.17) is 42.3 Å². The minimum absolute atomic E-state index is 0.423. The summed E-state index contributed by atoms with van der Waals surface area (Å²) in [4.78, 5) is 14.1. The van der Waals surface area contributed by atoms with Crippen molar-refractivity contribution in [3.8, 4) is 45.8 Å². The molecule has 0 spiro atoms. The minimum Gasteiger partial charge on any atom is -0.508 e. The molecule has 1 aromatic heterocycles. The van der Waals surface area contributed by atoms with E-state index in [1.54, 1.807) is 0 Å². The van der Waals surface area contributed by atoms with Crippen LogP contribution in [0.5, 0.6) is 34.5 Å². The molecule has 362 valence electrons. The topological polar surface area (TPSA) is 428 Å². The van der Waals surface area contributed by atoms with Crippen LogP contribution in [-0.2, 0) is 28.4 Å². The van der Waals surface area contributed by atoms with Gasteiger partial charge in [-0.05, 0) is 26.0 Å². The SMILES string of the molecule is CC1OC(OCC2OC(Oc3c(O)cc(-c4oc5cc(O)cc(O)c5c(=O)c4OC4OC(COC5OC(C)C(O)C(O)C5O)C(O)C(O)C4O)cc3O)C(O)C(O)C2O)C(O)C(O)C1O. The van der Waals surface area contributed by atoms with E-state index in [0.29, 0.717) is 0 Å². The fourth-order valence-electron chi connectivity index (χ4n) is 7.63. The molecule has 20 unspecified atom stereocenters. The molecule has 2 aromatic carbocycles. The number of ether oxygens (including phenoxy) is 8. The summed E-state index contributed by atoms with van der Waals surface area (Å²) in [5, 5.41) is 168. The summed E-state index contributed by atoms with van der Waals surface area (Å²) in [6, 6.07) is 3.32. The van der Waals surface area contributed by atoms with Crippen LogP contribution in [0.1, 0.15) is 13.8 Å². The highest BCUT2D eigenvalue weighted by Crippen LogP contribution is 2.45. The summed E-state index contributed by atoms with van der Waals surface area (Å²) in [6.45, 7) is 1.36. The standard InChI is InChI=1S/C39H50O26/c1-9-20(44)25(49)29(53)36(59-9)57-7-17-22(46)27(51)31(55)38(62-17)64-34-14(42)3-11(4-15(34)43)33-35(24(48)19-13(41)5-12(40)6-16(19)61-33)65-39-32(56)28(52)23(47)18(63-39)8-58-37-30(54)26(50)21(45)10(2)60-37/h3-6,9-10,17-18,20-23,25-32,36-47,49-56H,7-8H2,1-2H3. The van der Waals surface area contributed by atoms with Crippen LogP contribution in [0.15, 0.2) is 33.5 Å². The van der Waals surface area contributed by atoms with E-state index >= 15 is 0 Å². The number of benzene rings is 2. The van der Waals surface area contributed by atoms with E-state index in [1.807, 2.05) is 0 Å². The van der Waals surface area contributed by atoms with Crippen molar-refractivity contribution in [1.82, 2.24) is 0 Å². The molecule has 0 amide bonds. The van der Waals surface area contributed by atoms with Crippen LogP contribution in [0, 0.1) is 0 Å². The van der Waals surface area contributed by atoms with Crippen LogP contribution in [-0.4, -0.2) is 218 Å². The Morgan fingerprint density at radius 2 is 0.892 bits per heavy atom. The number of hydrogen-bond donors (Lipinski definition) is 16. The Labute approximate surface area is 364 Å². The van der Waals surface area contributed by atoms with Gasteiger partial charge in [-0.2, -0.15) is 0 Å². The molecule has 4 aliphatic rings. The maximum Gasteiger partial charge on any atom is 0.239 e. The van der Waals surface area contributed by atoms with E-state index in [-0.39, 0.29) is 0 Å². The fraction of sp³-hybridized carbons (Fsp3) is 0.615. The Kier molecular flexibility index (Phi) is 14.3. The third-order valence-corrected chi connectivity index (χ3v) is 11.5. The lowest BCUT2D eigenvalue weighted by Crippen LogP contribution is -2.61. The number of aromatic hydroxyl groups is 4. The summed E-state index contributed by atoms with van der Waals surface area (Å²) < 4.78 is 50.0. The molecule has 0 radical (unpaired) electrons. The van der Waals surface area contributed by atoms with Crippen LogP contribution in [0.4, 0.5) is 0 Å². The zero-order valence-corrected chi connectivity index (χ0v) is 34.0. The van der Waals surface area contributed by atoms with Gasteiger partial charge in [0.15, 0.2) is 29.8 Å². The number of phenols is 4. The maximum atomic E-state index is 14.1. The molecular weight excluding hydrogens is 884 g/mol. The first kappa shape index (κ1) is 48.7. The molecule has 4 fully saturated rings. The Balaban J connectivity index is 1.15. The van der Waals surface area contributed by atoms with Crippen LogP contribution in [0.3, 0.4) is 0 Å². The maximum absolute atomic E-state index is 14.1. The van der Waals surface area contributed by atoms with Crippen LogP contribution in [0.2, 0.25) is 0 Å². The normalized spacial score (nSPS) is 40.2. The smallest absolute Gasteiger partial charge is 0.239 e. The predicted octanol–water partition coefficient (Wildman–Crippen LogP) is -5.66. The summed E-state index contributed by atoms with van der Waals surface area (Å²) in [6.07, 6.45) is -34.3. The highest BCUT2D eigenvalue weighted by molar-refractivity contribution is 5.88. The molecule has 26 heteroatoms. The van der Waals surface area contributed by atoms with Crippen molar-refractivity contribution in [2.45, 2.75) is 137 Å². The van der Waals surface area contributed by atoms with Crippen molar-refractivity contribution in [3.05, 3.63) is 34.5 Å². The molecule has 0 bridgehead atoms. The van der Waals surface area contributed by atoms with Gasteiger partial charge < -0.3 is 124 Å². The minimum atomic E-state index is -2.14. The quantitative estimate of drug-likeness (QED) is 0.0852. The van der Waals surface area contributed by atoms with Crippen molar-refractivity contribution < 1.29 is 124 Å². The third kappa shape index (κ3) is 9.37. The Morgan fingerprint density at radius 3 is 1.35 bits per heavy atom. The number of rotatable bonds is 11. The highest BCUT2D eigenvalue weighted by atomic mass is 16.7. The first-order chi connectivity index (χ1) is 30.6. The fourth-order valence-corrected chi connectivity index (χ4v) is 7.63. The molecular formula is C39H50O26. The third-order valence-electron chi connectivity index (χ3n) is 11.5. The first-order valence-corrected chi connectivity index (χ1v) is 20.0. The van der Waals surface area contributed by atoms with Gasteiger partial charge in [0.2, 0.25) is 29.5 Å². The van der Waals surface area contributed by atoms with E-state index in [0.717, 1.165) is 24.3 Å². The second kappa shape index (κ2) is 19.1. The number of fused-ring (bicyclic) bond motifs is 1. The number of phenolic OH excluding ortho intramolecular Hbond substituents is 4. The van der Waals surface area contributed by atoms with Gasteiger partial charge in [-0.1, -0.05) is 0 Å². The number of hydrogen-bond acceptors (Lipinski definition) is 26. The van der Waals surface area contributed by atoms with Crippen molar-refractivity contribution in [2.75, 3.05) is 13.2 Å².